The van der Waals surface area contributed by atoms with E-state index in [2.05, 4.69) is 57.7 Å². The highest BCUT2D eigenvalue weighted by Gasteiger charge is 2.04. The minimum absolute atomic E-state index is 0.773. The van der Waals surface area contributed by atoms with Gasteiger partial charge in [0.1, 0.15) is 11.6 Å². The van der Waals surface area contributed by atoms with Crippen LogP contribution >= 0.6 is 0 Å². The molecule has 3 aromatic rings. The molecule has 1 N–H and O–H groups in total. The number of fused-ring (bicyclic) bond motifs is 1. The van der Waals surface area contributed by atoms with Crippen LogP contribution in [-0.2, 0) is 0 Å². The van der Waals surface area contributed by atoms with Gasteiger partial charge in [-0.3, -0.25) is 0 Å². The molecule has 0 unspecified atom stereocenters. The fraction of sp³-hybridized carbons (Fsp3) is 0.125. The third-order valence-corrected chi connectivity index (χ3v) is 3.14. The Labute approximate surface area is 112 Å². The summed E-state index contributed by atoms with van der Waals surface area (Å²) in [6, 6.07) is 16.7. The number of rotatable bonds is 2. The SMILES string of the molecule is CNc1cc(-c2ccc3ccccc3c2)nc(C)n1. The van der Waals surface area contributed by atoms with E-state index in [0.29, 0.717) is 0 Å². The molecule has 94 valence electrons. The molecule has 0 saturated heterocycles. The van der Waals surface area contributed by atoms with E-state index >= 15 is 0 Å². The first kappa shape index (κ1) is 11.7. The van der Waals surface area contributed by atoms with Crippen LogP contribution in [0.4, 0.5) is 5.82 Å². The Morgan fingerprint density at radius 2 is 1.68 bits per heavy atom. The van der Waals surface area contributed by atoms with Crippen molar-refractivity contribution in [3.63, 3.8) is 0 Å². The van der Waals surface area contributed by atoms with Gasteiger partial charge in [-0.2, -0.15) is 0 Å². The van der Waals surface area contributed by atoms with E-state index in [1.54, 1.807) is 0 Å². The molecule has 2 aromatic carbocycles. The molecule has 0 fully saturated rings. The highest BCUT2D eigenvalue weighted by atomic mass is 15.0. The molecule has 0 atom stereocenters. The molecule has 0 spiro atoms. The summed E-state index contributed by atoms with van der Waals surface area (Å²) in [5.41, 5.74) is 2.06. The molecule has 0 saturated carbocycles. The molecule has 3 heteroatoms. The van der Waals surface area contributed by atoms with Crippen molar-refractivity contribution in [2.45, 2.75) is 6.92 Å². The van der Waals surface area contributed by atoms with Crippen molar-refractivity contribution < 1.29 is 0 Å². The van der Waals surface area contributed by atoms with Gasteiger partial charge in [-0.1, -0.05) is 36.4 Å². The average Bonchev–Trinajstić information content (AvgIpc) is 2.46. The van der Waals surface area contributed by atoms with E-state index in [0.717, 1.165) is 22.9 Å². The largest absolute Gasteiger partial charge is 0.373 e. The summed E-state index contributed by atoms with van der Waals surface area (Å²) < 4.78 is 0. The van der Waals surface area contributed by atoms with Crippen LogP contribution in [0.25, 0.3) is 22.0 Å². The standard InChI is InChI=1S/C16H15N3/c1-11-18-15(10-16(17-2)19-11)14-8-7-12-5-3-4-6-13(12)9-14/h3-10H,1-2H3,(H,17,18,19). The lowest BCUT2D eigenvalue weighted by molar-refractivity contribution is 1.06. The number of nitrogens with one attached hydrogen (secondary N) is 1. The van der Waals surface area contributed by atoms with Crippen LogP contribution in [0.2, 0.25) is 0 Å². The Balaban J connectivity index is 2.15. The van der Waals surface area contributed by atoms with Gasteiger partial charge in [0.25, 0.3) is 0 Å². The molecular formula is C16H15N3. The second-order valence-electron chi connectivity index (χ2n) is 4.50. The second-order valence-corrected chi connectivity index (χ2v) is 4.50. The third kappa shape index (κ3) is 2.27. The smallest absolute Gasteiger partial charge is 0.130 e. The van der Waals surface area contributed by atoms with Crippen molar-refractivity contribution in [2.24, 2.45) is 0 Å². The second kappa shape index (κ2) is 4.69. The first-order valence-electron chi connectivity index (χ1n) is 6.29. The van der Waals surface area contributed by atoms with Crippen molar-refractivity contribution in [3.8, 4) is 11.3 Å². The van der Waals surface area contributed by atoms with Crippen LogP contribution in [0.15, 0.2) is 48.5 Å². The van der Waals surface area contributed by atoms with Crippen LogP contribution in [0, 0.1) is 6.92 Å². The third-order valence-electron chi connectivity index (χ3n) is 3.14. The molecule has 0 aliphatic carbocycles. The van der Waals surface area contributed by atoms with Crippen molar-refractivity contribution >= 4 is 16.6 Å². The topological polar surface area (TPSA) is 37.8 Å². The van der Waals surface area contributed by atoms with E-state index in [1.165, 1.54) is 10.8 Å². The molecule has 0 amide bonds. The van der Waals surface area contributed by atoms with Gasteiger partial charge in [-0.05, 0) is 23.8 Å². The minimum atomic E-state index is 0.773. The molecule has 3 rings (SSSR count). The number of anilines is 1. The number of benzene rings is 2. The van der Waals surface area contributed by atoms with E-state index in [-0.39, 0.29) is 0 Å². The minimum Gasteiger partial charge on any atom is -0.373 e. The number of hydrogen-bond acceptors (Lipinski definition) is 3. The summed E-state index contributed by atoms with van der Waals surface area (Å²) in [6.45, 7) is 1.91. The van der Waals surface area contributed by atoms with E-state index in [1.807, 2.05) is 20.0 Å². The van der Waals surface area contributed by atoms with E-state index < -0.39 is 0 Å². The predicted molar refractivity (Wildman–Crippen MR) is 79.3 cm³/mol. The quantitative estimate of drug-likeness (QED) is 0.753. The zero-order valence-corrected chi connectivity index (χ0v) is 11.0. The number of hydrogen-bond donors (Lipinski definition) is 1. The predicted octanol–water partition coefficient (Wildman–Crippen LogP) is 3.65. The normalized spacial score (nSPS) is 10.6. The molecule has 0 radical (unpaired) electrons. The monoisotopic (exact) mass is 249 g/mol. The zero-order chi connectivity index (χ0) is 13.2. The molecule has 1 heterocycles. The molecule has 0 aliphatic rings. The average molecular weight is 249 g/mol. The summed E-state index contributed by atoms with van der Waals surface area (Å²) >= 11 is 0. The lowest BCUT2D eigenvalue weighted by Gasteiger charge is -2.07. The van der Waals surface area contributed by atoms with Gasteiger partial charge in [0.15, 0.2) is 0 Å². The van der Waals surface area contributed by atoms with Crippen molar-refractivity contribution in [2.75, 3.05) is 12.4 Å². The van der Waals surface area contributed by atoms with Crippen LogP contribution in [0.3, 0.4) is 0 Å². The number of nitrogens with zero attached hydrogens (tertiary/aromatic N) is 2. The van der Waals surface area contributed by atoms with Gasteiger partial charge in [0.05, 0.1) is 5.69 Å². The molecule has 19 heavy (non-hydrogen) atoms. The van der Waals surface area contributed by atoms with Gasteiger partial charge < -0.3 is 5.32 Å². The maximum atomic E-state index is 4.51. The Kier molecular flexibility index (Phi) is 2.88. The fourth-order valence-electron chi connectivity index (χ4n) is 2.19. The van der Waals surface area contributed by atoms with Crippen LogP contribution < -0.4 is 5.32 Å². The van der Waals surface area contributed by atoms with Crippen LogP contribution in [-0.4, -0.2) is 17.0 Å². The Bertz CT molecular complexity index is 735. The maximum Gasteiger partial charge on any atom is 0.130 e. The van der Waals surface area contributed by atoms with Crippen molar-refractivity contribution in [3.05, 3.63) is 54.4 Å². The lowest BCUT2D eigenvalue weighted by Crippen LogP contribution is -1.98. The zero-order valence-electron chi connectivity index (χ0n) is 11.0. The fourth-order valence-corrected chi connectivity index (χ4v) is 2.19. The Morgan fingerprint density at radius 3 is 2.47 bits per heavy atom. The number of aromatic nitrogens is 2. The summed E-state index contributed by atoms with van der Waals surface area (Å²) in [7, 11) is 1.87. The van der Waals surface area contributed by atoms with Gasteiger partial charge in [-0.25, -0.2) is 9.97 Å². The van der Waals surface area contributed by atoms with Crippen molar-refractivity contribution in [1.82, 2.24) is 9.97 Å². The summed E-state index contributed by atoms with van der Waals surface area (Å²) in [5, 5.41) is 5.53. The van der Waals surface area contributed by atoms with Crippen LogP contribution in [0.1, 0.15) is 5.82 Å². The molecule has 1 aromatic heterocycles. The molecule has 3 nitrogen and oxygen atoms in total. The van der Waals surface area contributed by atoms with Gasteiger partial charge in [-0.15, -0.1) is 0 Å². The lowest BCUT2D eigenvalue weighted by atomic mass is 10.0. The first-order chi connectivity index (χ1) is 9.26. The highest BCUT2D eigenvalue weighted by Crippen LogP contribution is 2.24. The van der Waals surface area contributed by atoms with Gasteiger partial charge in [0.2, 0.25) is 0 Å². The van der Waals surface area contributed by atoms with E-state index in [9.17, 15) is 0 Å². The van der Waals surface area contributed by atoms with E-state index in [4.69, 9.17) is 0 Å². The highest BCUT2D eigenvalue weighted by molar-refractivity contribution is 5.86. The molecular weight excluding hydrogens is 234 g/mol. The maximum absolute atomic E-state index is 4.51. The number of aryl methyl sites for hydroxylation is 1. The first-order valence-corrected chi connectivity index (χ1v) is 6.29. The van der Waals surface area contributed by atoms with Crippen molar-refractivity contribution in [1.29, 1.82) is 0 Å². The Hall–Kier alpha value is -2.42. The van der Waals surface area contributed by atoms with Gasteiger partial charge >= 0.3 is 0 Å². The summed E-state index contributed by atoms with van der Waals surface area (Å²) in [4.78, 5) is 8.83. The summed E-state index contributed by atoms with van der Waals surface area (Å²) in [6.07, 6.45) is 0. The van der Waals surface area contributed by atoms with Crippen LogP contribution in [0.5, 0.6) is 0 Å². The molecule has 0 bridgehead atoms. The van der Waals surface area contributed by atoms with Gasteiger partial charge in [0, 0.05) is 18.7 Å². The molecule has 0 aliphatic heterocycles. The summed E-state index contributed by atoms with van der Waals surface area (Å²) in [5.74, 6) is 1.62. The Morgan fingerprint density at radius 1 is 0.895 bits per heavy atom.